The predicted molar refractivity (Wildman–Crippen MR) is 140 cm³/mol. The van der Waals surface area contributed by atoms with Crippen molar-refractivity contribution in [1.82, 2.24) is 0 Å². The van der Waals surface area contributed by atoms with Crippen LogP contribution >= 0.6 is 0 Å². The first-order valence-electron chi connectivity index (χ1n) is 11.9. The van der Waals surface area contributed by atoms with Gasteiger partial charge < -0.3 is 24.3 Å². The molecular weight excluding hydrogens is 506 g/mol. The number of carbonyl (C=O) groups excluding carboxylic acids is 5. The van der Waals surface area contributed by atoms with Crippen molar-refractivity contribution in [2.24, 2.45) is 0 Å². The van der Waals surface area contributed by atoms with Gasteiger partial charge in [-0.05, 0) is 47.5 Å². The van der Waals surface area contributed by atoms with Crippen LogP contribution in [0.3, 0.4) is 0 Å². The molecule has 0 aromatic heterocycles. The smallest absolute Gasteiger partial charge is 0.308 e. The molecule has 0 aliphatic rings. The fourth-order valence-corrected chi connectivity index (χ4v) is 3.75. The summed E-state index contributed by atoms with van der Waals surface area (Å²) in [5, 5.41) is 2.86. The number of benzene rings is 3. The van der Waals surface area contributed by atoms with Crippen molar-refractivity contribution in [2.75, 3.05) is 5.32 Å². The molecule has 39 heavy (non-hydrogen) atoms. The number of amides is 1. The largest absolute Gasteiger partial charge is 0.423 e. The fourth-order valence-electron chi connectivity index (χ4n) is 3.75. The number of hydrogen-bond acceptors (Lipinski definition) is 9. The number of nitrogens with one attached hydrogen (secondary N) is 1. The van der Waals surface area contributed by atoms with Gasteiger partial charge in [0.2, 0.25) is 0 Å². The van der Waals surface area contributed by atoms with Crippen LogP contribution in [0, 0.1) is 0 Å². The van der Waals surface area contributed by atoms with E-state index in [2.05, 4.69) is 5.32 Å². The average Bonchev–Trinajstić information content (AvgIpc) is 2.85. The third-order valence-electron chi connectivity index (χ3n) is 5.36. The van der Waals surface area contributed by atoms with Crippen LogP contribution in [-0.2, 0) is 19.2 Å². The Balaban J connectivity index is 1.92. The van der Waals surface area contributed by atoms with Gasteiger partial charge in [-0.15, -0.1) is 0 Å². The van der Waals surface area contributed by atoms with Crippen molar-refractivity contribution in [2.45, 2.75) is 40.5 Å². The normalized spacial score (nSPS) is 11.1. The summed E-state index contributed by atoms with van der Waals surface area (Å²) in [5.41, 5.74) is 2.14. The van der Waals surface area contributed by atoms with Gasteiger partial charge in [-0.25, -0.2) is 0 Å². The van der Waals surface area contributed by atoms with E-state index in [-0.39, 0.29) is 34.5 Å². The lowest BCUT2D eigenvalue weighted by molar-refractivity contribution is -0.134. The molecular formula is C29H27NO9. The maximum Gasteiger partial charge on any atom is 0.308 e. The molecule has 202 valence electrons. The zero-order valence-corrected chi connectivity index (χ0v) is 22.0. The molecule has 0 saturated carbocycles. The van der Waals surface area contributed by atoms with E-state index >= 15 is 0 Å². The fraction of sp³-hybridized carbons (Fsp3) is 0.207. The predicted octanol–water partition coefficient (Wildman–Crippen LogP) is 4.79. The van der Waals surface area contributed by atoms with Crippen LogP contribution in [0.4, 0.5) is 5.69 Å². The molecule has 0 saturated heterocycles. The highest BCUT2D eigenvalue weighted by Crippen LogP contribution is 2.36. The highest BCUT2D eigenvalue weighted by Gasteiger charge is 2.20. The van der Waals surface area contributed by atoms with E-state index in [0.717, 1.165) is 11.1 Å². The standard InChI is InChI=1S/C29H27NO9/c1-16(21-10-12-25(36-17(2)31)27(14-21)38-19(4)33)23-8-6-7-9-24(23)30-29(35)22-11-13-26(37-18(3)32)28(15-22)39-20(5)34/h6-16H,1-5H3,(H,30,35). The molecule has 10 nitrogen and oxygen atoms in total. The highest BCUT2D eigenvalue weighted by atomic mass is 16.6. The number of carbonyl (C=O) groups is 5. The molecule has 3 rings (SSSR count). The minimum Gasteiger partial charge on any atom is -0.423 e. The Morgan fingerprint density at radius 2 is 1.10 bits per heavy atom. The second-order valence-corrected chi connectivity index (χ2v) is 8.51. The van der Waals surface area contributed by atoms with Gasteiger partial charge in [-0.2, -0.15) is 0 Å². The van der Waals surface area contributed by atoms with Crippen molar-refractivity contribution in [3.63, 3.8) is 0 Å². The van der Waals surface area contributed by atoms with E-state index in [1.807, 2.05) is 19.1 Å². The summed E-state index contributed by atoms with van der Waals surface area (Å²) in [6, 6.07) is 16.1. The van der Waals surface area contributed by atoms with Crippen molar-refractivity contribution in [1.29, 1.82) is 0 Å². The van der Waals surface area contributed by atoms with Crippen LogP contribution in [-0.4, -0.2) is 29.8 Å². The quantitative estimate of drug-likeness (QED) is 0.320. The Bertz CT molecular complexity index is 1440. The molecule has 0 aliphatic heterocycles. The summed E-state index contributed by atoms with van der Waals surface area (Å²) in [6.07, 6.45) is 0. The Morgan fingerprint density at radius 3 is 1.67 bits per heavy atom. The SMILES string of the molecule is CC(=O)Oc1ccc(C(=O)Nc2ccccc2C(C)c2ccc(OC(C)=O)c(OC(C)=O)c2)cc1OC(C)=O. The topological polar surface area (TPSA) is 134 Å². The zero-order valence-electron chi connectivity index (χ0n) is 22.0. The summed E-state index contributed by atoms with van der Waals surface area (Å²) in [7, 11) is 0. The molecule has 10 heteroatoms. The van der Waals surface area contributed by atoms with Gasteiger partial charge in [0.05, 0.1) is 0 Å². The zero-order chi connectivity index (χ0) is 28.7. The van der Waals surface area contributed by atoms with E-state index in [1.165, 1.54) is 52.0 Å². The molecule has 0 heterocycles. The molecule has 0 aliphatic carbocycles. The molecule has 0 spiro atoms. The van der Waals surface area contributed by atoms with Gasteiger partial charge in [0.1, 0.15) is 0 Å². The molecule has 0 bridgehead atoms. The highest BCUT2D eigenvalue weighted by molar-refractivity contribution is 6.05. The Labute approximate surface area is 224 Å². The lowest BCUT2D eigenvalue weighted by Crippen LogP contribution is -2.15. The van der Waals surface area contributed by atoms with E-state index in [0.29, 0.717) is 5.69 Å². The van der Waals surface area contributed by atoms with Gasteiger partial charge in [0.15, 0.2) is 23.0 Å². The second kappa shape index (κ2) is 12.5. The lowest BCUT2D eigenvalue weighted by Gasteiger charge is -2.19. The Hall–Kier alpha value is -4.99. The van der Waals surface area contributed by atoms with Gasteiger partial charge in [-0.3, -0.25) is 24.0 Å². The molecule has 0 fully saturated rings. The molecule has 1 atom stereocenters. The van der Waals surface area contributed by atoms with Crippen molar-refractivity contribution in [3.8, 4) is 23.0 Å². The van der Waals surface area contributed by atoms with Gasteiger partial charge in [-0.1, -0.05) is 31.2 Å². The summed E-state index contributed by atoms with van der Waals surface area (Å²) in [5.74, 6) is -3.04. The minimum absolute atomic E-state index is 0.00376. The molecule has 0 radical (unpaired) electrons. The number of para-hydroxylation sites is 1. The van der Waals surface area contributed by atoms with Crippen LogP contribution in [0.5, 0.6) is 23.0 Å². The van der Waals surface area contributed by atoms with Gasteiger partial charge in [0.25, 0.3) is 5.91 Å². The Morgan fingerprint density at radius 1 is 0.615 bits per heavy atom. The van der Waals surface area contributed by atoms with Crippen molar-refractivity contribution in [3.05, 3.63) is 77.4 Å². The number of esters is 4. The third-order valence-corrected chi connectivity index (χ3v) is 5.36. The summed E-state index contributed by atoms with van der Waals surface area (Å²) >= 11 is 0. The second-order valence-electron chi connectivity index (χ2n) is 8.51. The van der Waals surface area contributed by atoms with E-state index in [9.17, 15) is 24.0 Å². The van der Waals surface area contributed by atoms with Crippen molar-refractivity contribution < 1.29 is 42.9 Å². The number of hydrogen-bond donors (Lipinski definition) is 1. The van der Waals surface area contributed by atoms with Gasteiger partial charge >= 0.3 is 23.9 Å². The van der Waals surface area contributed by atoms with Crippen LogP contribution in [0.25, 0.3) is 0 Å². The number of anilines is 1. The maximum absolute atomic E-state index is 13.2. The molecule has 3 aromatic rings. The van der Waals surface area contributed by atoms with Gasteiger partial charge in [0, 0.05) is 44.9 Å². The maximum atomic E-state index is 13.2. The van der Waals surface area contributed by atoms with E-state index in [1.54, 1.807) is 24.3 Å². The van der Waals surface area contributed by atoms with E-state index in [4.69, 9.17) is 18.9 Å². The van der Waals surface area contributed by atoms with Crippen LogP contribution < -0.4 is 24.3 Å². The summed E-state index contributed by atoms with van der Waals surface area (Å²) < 4.78 is 20.6. The summed E-state index contributed by atoms with van der Waals surface area (Å²) in [4.78, 5) is 59.1. The first kappa shape index (κ1) is 28.6. The minimum atomic E-state index is -0.645. The molecule has 3 aromatic carbocycles. The van der Waals surface area contributed by atoms with Crippen molar-refractivity contribution >= 4 is 35.5 Å². The monoisotopic (exact) mass is 533 g/mol. The average molecular weight is 534 g/mol. The van der Waals surface area contributed by atoms with Crippen LogP contribution in [0.15, 0.2) is 60.7 Å². The van der Waals surface area contributed by atoms with Crippen LogP contribution in [0.1, 0.15) is 62.0 Å². The Kier molecular flexibility index (Phi) is 9.16. The first-order chi connectivity index (χ1) is 18.4. The van der Waals surface area contributed by atoms with Crippen LogP contribution in [0.2, 0.25) is 0 Å². The number of ether oxygens (including phenoxy) is 4. The molecule has 1 amide bonds. The third kappa shape index (κ3) is 7.75. The van der Waals surface area contributed by atoms with E-state index < -0.39 is 29.8 Å². The lowest BCUT2D eigenvalue weighted by atomic mass is 9.91. The number of rotatable bonds is 8. The summed E-state index contributed by atoms with van der Waals surface area (Å²) in [6.45, 7) is 6.77. The molecule has 1 unspecified atom stereocenters. The molecule has 1 N–H and O–H groups in total. The first-order valence-corrected chi connectivity index (χ1v) is 11.9.